The average molecular weight is 561 g/mol. The molecule has 1 fully saturated rings. The largest absolute Gasteiger partial charge is 0.314 e. The molecule has 0 aliphatic heterocycles. The third-order valence-electron chi connectivity index (χ3n) is 8.77. The first kappa shape index (κ1) is 26.4. The molecule has 204 valence electrons. The number of hydrogen-bond donors (Lipinski definition) is 0. The van der Waals surface area contributed by atoms with Gasteiger partial charge in [0.15, 0.2) is 0 Å². The molecule has 0 atom stereocenters. The van der Waals surface area contributed by atoms with E-state index >= 15 is 4.57 Å². The van der Waals surface area contributed by atoms with E-state index in [-0.39, 0.29) is 5.41 Å². The monoisotopic (exact) mass is 560 g/mol. The molecule has 1 nitrogen and oxygen atoms in total. The van der Waals surface area contributed by atoms with Gasteiger partial charge in [0.1, 0.15) is 7.14 Å². The van der Waals surface area contributed by atoms with Crippen LogP contribution in [0.1, 0.15) is 18.4 Å². The highest BCUT2D eigenvalue weighted by atomic mass is 31.2. The van der Waals surface area contributed by atoms with Gasteiger partial charge in [-0.3, -0.25) is 0 Å². The highest BCUT2D eigenvalue weighted by Crippen LogP contribution is 2.59. The zero-order valence-electron chi connectivity index (χ0n) is 23.6. The van der Waals surface area contributed by atoms with Gasteiger partial charge in [-0.05, 0) is 51.8 Å². The van der Waals surface area contributed by atoms with Crippen LogP contribution in [0, 0.1) is 0 Å². The van der Waals surface area contributed by atoms with Crippen LogP contribution < -0.4 is 10.6 Å². The summed E-state index contributed by atoms with van der Waals surface area (Å²) in [5.74, 6) is 0. The van der Waals surface area contributed by atoms with Gasteiger partial charge in [0.2, 0.25) is 0 Å². The second kappa shape index (κ2) is 11.1. The molecule has 42 heavy (non-hydrogen) atoms. The summed E-state index contributed by atoms with van der Waals surface area (Å²) >= 11 is 0. The maximum absolute atomic E-state index is 15.4. The van der Waals surface area contributed by atoms with Crippen LogP contribution in [-0.2, 0) is 9.98 Å². The van der Waals surface area contributed by atoms with Crippen LogP contribution in [0.4, 0.5) is 0 Å². The van der Waals surface area contributed by atoms with E-state index in [4.69, 9.17) is 0 Å². The fourth-order valence-electron chi connectivity index (χ4n) is 6.14. The van der Waals surface area contributed by atoms with Crippen molar-refractivity contribution in [1.29, 1.82) is 0 Å². The normalized spacial score (nSPS) is 13.9. The molecular formula is C40H33OP. The Bertz CT molecular complexity index is 1730. The van der Waals surface area contributed by atoms with Crippen molar-refractivity contribution in [2.45, 2.75) is 18.3 Å². The van der Waals surface area contributed by atoms with E-state index in [1.807, 2.05) is 18.2 Å². The van der Waals surface area contributed by atoms with Gasteiger partial charge >= 0.3 is 0 Å². The molecule has 0 bridgehead atoms. The van der Waals surface area contributed by atoms with E-state index in [9.17, 15) is 0 Å². The van der Waals surface area contributed by atoms with Crippen LogP contribution in [0.2, 0.25) is 0 Å². The summed E-state index contributed by atoms with van der Waals surface area (Å²) in [6.45, 7) is 0. The topological polar surface area (TPSA) is 17.1 Å². The van der Waals surface area contributed by atoms with Gasteiger partial charge in [-0.2, -0.15) is 0 Å². The van der Waals surface area contributed by atoms with E-state index in [0.29, 0.717) is 6.16 Å². The quantitative estimate of drug-likeness (QED) is 0.169. The van der Waals surface area contributed by atoms with Crippen molar-refractivity contribution < 1.29 is 4.57 Å². The molecule has 0 radical (unpaired) electrons. The molecular weight excluding hydrogens is 527 g/mol. The van der Waals surface area contributed by atoms with Crippen LogP contribution in [-0.4, -0.2) is 6.16 Å². The summed E-state index contributed by atoms with van der Waals surface area (Å²) in [6.07, 6.45) is 2.76. The number of rotatable bonds is 8. The first-order chi connectivity index (χ1) is 20.6. The first-order valence-electron chi connectivity index (χ1n) is 14.7. The minimum atomic E-state index is -2.94. The minimum Gasteiger partial charge on any atom is -0.314 e. The predicted molar refractivity (Wildman–Crippen MR) is 178 cm³/mol. The second-order valence-electron chi connectivity index (χ2n) is 11.4. The lowest BCUT2D eigenvalue weighted by Crippen LogP contribution is -2.25. The molecule has 0 saturated heterocycles. The average Bonchev–Trinajstić information content (AvgIpc) is 3.86. The smallest absolute Gasteiger partial charge is 0.144 e. The van der Waals surface area contributed by atoms with E-state index in [0.717, 1.165) is 34.6 Å². The molecule has 2 heteroatoms. The Morgan fingerprint density at radius 3 is 1.05 bits per heavy atom. The Kier molecular flexibility index (Phi) is 6.98. The molecule has 0 heterocycles. The van der Waals surface area contributed by atoms with Crippen LogP contribution in [0.5, 0.6) is 0 Å². The summed E-state index contributed by atoms with van der Waals surface area (Å²) < 4.78 is 15.4. The Balaban J connectivity index is 1.25. The van der Waals surface area contributed by atoms with Crippen LogP contribution in [0.25, 0.3) is 33.4 Å². The van der Waals surface area contributed by atoms with E-state index in [2.05, 4.69) is 146 Å². The van der Waals surface area contributed by atoms with Gasteiger partial charge in [-0.15, -0.1) is 0 Å². The molecule has 0 spiro atoms. The van der Waals surface area contributed by atoms with Crippen LogP contribution >= 0.6 is 7.14 Å². The summed E-state index contributed by atoms with van der Waals surface area (Å²) in [5, 5.41) is 1.86. The zero-order valence-corrected chi connectivity index (χ0v) is 24.5. The minimum absolute atomic E-state index is 0.0685. The number of benzene rings is 6. The molecule has 7 rings (SSSR count). The maximum atomic E-state index is 15.4. The van der Waals surface area contributed by atoms with Crippen molar-refractivity contribution in [2.75, 3.05) is 6.16 Å². The maximum Gasteiger partial charge on any atom is 0.144 e. The molecule has 0 unspecified atom stereocenters. The Morgan fingerprint density at radius 2 is 0.714 bits per heavy atom. The lowest BCUT2D eigenvalue weighted by atomic mass is 9.95. The van der Waals surface area contributed by atoms with Gasteiger partial charge < -0.3 is 4.57 Å². The third-order valence-corrected chi connectivity index (χ3v) is 12.1. The lowest BCUT2D eigenvalue weighted by Gasteiger charge is -2.26. The van der Waals surface area contributed by atoms with Crippen molar-refractivity contribution in [3.63, 3.8) is 0 Å². The molecule has 1 aliphatic carbocycles. The van der Waals surface area contributed by atoms with Crippen LogP contribution in [0.15, 0.2) is 164 Å². The van der Waals surface area contributed by atoms with Gasteiger partial charge in [0.05, 0.1) is 0 Å². The van der Waals surface area contributed by atoms with Crippen molar-refractivity contribution in [1.82, 2.24) is 0 Å². The van der Waals surface area contributed by atoms with Crippen molar-refractivity contribution in [3.8, 4) is 33.4 Å². The Hall–Kier alpha value is -4.45. The fourth-order valence-corrected chi connectivity index (χ4v) is 9.42. The highest BCUT2D eigenvalue weighted by molar-refractivity contribution is 7.78. The van der Waals surface area contributed by atoms with Crippen molar-refractivity contribution in [2.24, 2.45) is 0 Å². The third kappa shape index (κ3) is 5.18. The molecule has 0 amide bonds. The molecule has 1 saturated carbocycles. The molecule has 6 aromatic carbocycles. The Labute approximate surface area is 248 Å². The van der Waals surface area contributed by atoms with E-state index in [1.165, 1.54) is 27.8 Å². The standard InChI is InChI=1S/C40H33OP/c41-42(38-24-18-35(19-25-38)32-12-6-2-7-13-32,39-26-20-36(21-27-39)33-14-8-3-9-15-33)30-40(28-29-40)37-22-16-34(17-23-37)31-10-4-1-5-11-31/h1-27H,28-30H2. The zero-order chi connectivity index (χ0) is 28.4. The van der Waals surface area contributed by atoms with Crippen LogP contribution in [0.3, 0.4) is 0 Å². The summed E-state index contributed by atoms with van der Waals surface area (Å²) in [7, 11) is -2.94. The highest BCUT2D eigenvalue weighted by Gasteiger charge is 2.49. The lowest BCUT2D eigenvalue weighted by molar-refractivity contribution is 0.581. The summed E-state index contributed by atoms with van der Waals surface area (Å²) in [4.78, 5) is 0. The summed E-state index contributed by atoms with van der Waals surface area (Å²) in [6, 6.07) is 57.2. The predicted octanol–water partition coefficient (Wildman–Crippen LogP) is 9.73. The van der Waals surface area contributed by atoms with E-state index in [1.54, 1.807) is 0 Å². The molecule has 1 aliphatic rings. The van der Waals surface area contributed by atoms with Crippen molar-refractivity contribution in [3.05, 3.63) is 169 Å². The van der Waals surface area contributed by atoms with Gasteiger partial charge in [-0.1, -0.05) is 164 Å². The van der Waals surface area contributed by atoms with Crippen molar-refractivity contribution >= 4 is 17.8 Å². The van der Waals surface area contributed by atoms with Gasteiger partial charge in [-0.25, -0.2) is 0 Å². The van der Waals surface area contributed by atoms with Gasteiger partial charge in [0.25, 0.3) is 0 Å². The van der Waals surface area contributed by atoms with Gasteiger partial charge in [0, 0.05) is 22.2 Å². The summed E-state index contributed by atoms with van der Waals surface area (Å²) in [5.41, 5.74) is 8.28. The fraction of sp³-hybridized carbons (Fsp3) is 0.100. The van der Waals surface area contributed by atoms with E-state index < -0.39 is 7.14 Å². The first-order valence-corrected chi connectivity index (χ1v) is 16.6. The SMILES string of the molecule is O=P(CC1(c2ccc(-c3ccccc3)cc2)CC1)(c1ccc(-c2ccccc2)cc1)c1ccc(-c2ccccc2)cc1. The second-order valence-corrected chi connectivity index (χ2v) is 14.3. The Morgan fingerprint density at radius 1 is 0.405 bits per heavy atom. The number of hydrogen-bond acceptors (Lipinski definition) is 1. The molecule has 6 aromatic rings. The molecule has 0 N–H and O–H groups in total. The molecule has 0 aromatic heterocycles.